The van der Waals surface area contributed by atoms with Crippen molar-refractivity contribution in [2.24, 2.45) is 7.05 Å². The van der Waals surface area contributed by atoms with Gasteiger partial charge in [0, 0.05) is 30.7 Å². The Labute approximate surface area is 119 Å². The predicted molar refractivity (Wildman–Crippen MR) is 75.1 cm³/mol. The summed E-state index contributed by atoms with van der Waals surface area (Å²) in [4.78, 5) is 11.9. The Kier molecular flexibility index (Phi) is 4.21. The number of halogens is 1. The number of carbonyl (C=O) groups excluding carboxylic acids is 1. The maximum absolute atomic E-state index is 11.9. The molecule has 0 aliphatic rings. The van der Waals surface area contributed by atoms with Crippen molar-refractivity contribution in [2.45, 2.75) is 6.42 Å². The van der Waals surface area contributed by atoms with E-state index in [1.807, 2.05) is 19.3 Å². The topological polar surface area (TPSA) is 67.2 Å². The fraction of sp³-hybridized carbons (Fsp3) is 0.231. The molecule has 19 heavy (non-hydrogen) atoms. The van der Waals surface area contributed by atoms with Crippen molar-refractivity contribution in [3.05, 3.63) is 46.2 Å². The first kappa shape index (κ1) is 13.6. The van der Waals surface area contributed by atoms with Crippen molar-refractivity contribution in [2.75, 3.05) is 6.54 Å². The number of benzene rings is 1. The van der Waals surface area contributed by atoms with Crippen molar-refractivity contribution in [1.82, 2.24) is 15.1 Å². The van der Waals surface area contributed by atoms with E-state index in [2.05, 4.69) is 26.3 Å². The Morgan fingerprint density at radius 2 is 2.26 bits per heavy atom. The average Bonchev–Trinajstić information content (AvgIpc) is 2.75. The van der Waals surface area contributed by atoms with Crippen LogP contribution in [0.3, 0.4) is 0 Å². The number of amides is 1. The minimum atomic E-state index is -0.291. The molecule has 2 N–H and O–H groups in total. The van der Waals surface area contributed by atoms with Gasteiger partial charge in [0.15, 0.2) is 0 Å². The molecule has 0 saturated heterocycles. The van der Waals surface area contributed by atoms with Crippen molar-refractivity contribution >= 4 is 21.8 Å². The third-order valence-electron chi connectivity index (χ3n) is 2.64. The highest BCUT2D eigenvalue weighted by Gasteiger charge is 2.10. The van der Waals surface area contributed by atoms with Crippen LogP contribution in [0.4, 0.5) is 0 Å². The Balaban J connectivity index is 1.90. The normalized spacial score (nSPS) is 10.4. The molecule has 0 saturated carbocycles. The molecule has 1 heterocycles. The number of aromatic nitrogens is 2. The second-order valence-electron chi connectivity index (χ2n) is 4.15. The number of carbonyl (C=O) groups is 1. The van der Waals surface area contributed by atoms with Gasteiger partial charge in [0.25, 0.3) is 5.91 Å². The summed E-state index contributed by atoms with van der Waals surface area (Å²) in [5.41, 5.74) is 1.19. The first-order valence-corrected chi connectivity index (χ1v) is 6.61. The highest BCUT2D eigenvalue weighted by molar-refractivity contribution is 9.10. The zero-order chi connectivity index (χ0) is 13.8. The molecule has 0 spiro atoms. The summed E-state index contributed by atoms with van der Waals surface area (Å²) < 4.78 is 2.45. The fourth-order valence-corrected chi connectivity index (χ4v) is 2.04. The largest absolute Gasteiger partial charge is 0.507 e. The molecule has 2 aromatic rings. The third kappa shape index (κ3) is 3.57. The standard InChI is InChI=1S/C13H14BrN3O2/c1-17-7-5-10(16-17)4-6-15-13(19)11-3-2-9(14)8-12(11)18/h2-3,5,7-8,18H,4,6H2,1H3,(H,15,19). The van der Waals surface area contributed by atoms with Gasteiger partial charge in [-0.15, -0.1) is 0 Å². The lowest BCUT2D eigenvalue weighted by atomic mass is 10.2. The zero-order valence-corrected chi connectivity index (χ0v) is 12.0. The Morgan fingerprint density at radius 3 is 2.89 bits per heavy atom. The van der Waals surface area contributed by atoms with Gasteiger partial charge in [0.1, 0.15) is 5.75 Å². The van der Waals surface area contributed by atoms with Crippen molar-refractivity contribution in [3.8, 4) is 5.75 Å². The van der Waals surface area contributed by atoms with E-state index >= 15 is 0 Å². The van der Waals surface area contributed by atoms with Crippen molar-refractivity contribution in [1.29, 1.82) is 0 Å². The van der Waals surface area contributed by atoms with Gasteiger partial charge in [-0.2, -0.15) is 5.10 Å². The minimum Gasteiger partial charge on any atom is -0.507 e. The van der Waals surface area contributed by atoms with Gasteiger partial charge in [-0.3, -0.25) is 9.48 Å². The molecule has 2 rings (SSSR count). The van der Waals surface area contributed by atoms with Crippen LogP contribution >= 0.6 is 15.9 Å². The first-order valence-electron chi connectivity index (χ1n) is 5.81. The molecular formula is C13H14BrN3O2. The number of hydrogen-bond acceptors (Lipinski definition) is 3. The van der Waals surface area contributed by atoms with Gasteiger partial charge in [-0.05, 0) is 24.3 Å². The molecule has 5 nitrogen and oxygen atoms in total. The second-order valence-corrected chi connectivity index (χ2v) is 5.06. The van der Waals surface area contributed by atoms with Crippen LogP contribution in [0.1, 0.15) is 16.1 Å². The first-order chi connectivity index (χ1) is 9.06. The molecule has 6 heteroatoms. The maximum atomic E-state index is 11.9. The maximum Gasteiger partial charge on any atom is 0.255 e. The van der Waals surface area contributed by atoms with E-state index in [0.29, 0.717) is 13.0 Å². The summed E-state index contributed by atoms with van der Waals surface area (Å²) in [5, 5.41) is 16.6. The van der Waals surface area contributed by atoms with E-state index in [9.17, 15) is 9.90 Å². The fourth-order valence-electron chi connectivity index (χ4n) is 1.69. The summed E-state index contributed by atoms with van der Waals surface area (Å²) in [6, 6.07) is 6.69. The SMILES string of the molecule is Cn1ccc(CCNC(=O)c2ccc(Br)cc2O)n1. The molecule has 1 amide bonds. The monoisotopic (exact) mass is 323 g/mol. The van der Waals surface area contributed by atoms with E-state index in [0.717, 1.165) is 10.2 Å². The second kappa shape index (κ2) is 5.88. The Morgan fingerprint density at radius 1 is 1.47 bits per heavy atom. The van der Waals surface area contributed by atoms with Crippen molar-refractivity contribution < 1.29 is 9.90 Å². The van der Waals surface area contributed by atoms with Crippen LogP contribution in [0.2, 0.25) is 0 Å². The van der Waals surface area contributed by atoms with Crippen LogP contribution < -0.4 is 5.32 Å². The Bertz CT molecular complexity index is 595. The number of aryl methyl sites for hydroxylation is 1. The van der Waals surface area contributed by atoms with Crippen LogP contribution in [-0.4, -0.2) is 27.3 Å². The van der Waals surface area contributed by atoms with Gasteiger partial charge < -0.3 is 10.4 Å². The number of phenolic OH excluding ortho intramolecular Hbond substituents is 1. The Hall–Kier alpha value is -1.82. The van der Waals surface area contributed by atoms with Gasteiger partial charge in [-0.1, -0.05) is 15.9 Å². The van der Waals surface area contributed by atoms with Crippen LogP contribution in [-0.2, 0) is 13.5 Å². The summed E-state index contributed by atoms with van der Waals surface area (Å²) in [6.45, 7) is 0.478. The lowest BCUT2D eigenvalue weighted by molar-refractivity contribution is 0.0951. The number of nitrogens with one attached hydrogen (secondary N) is 1. The van der Waals surface area contributed by atoms with Gasteiger partial charge >= 0.3 is 0 Å². The van der Waals surface area contributed by atoms with Gasteiger partial charge in [-0.25, -0.2) is 0 Å². The zero-order valence-electron chi connectivity index (χ0n) is 10.4. The number of phenols is 1. The van der Waals surface area contributed by atoms with Crippen LogP contribution in [0.5, 0.6) is 5.75 Å². The average molecular weight is 324 g/mol. The summed E-state index contributed by atoms with van der Waals surface area (Å²) in [6.07, 6.45) is 2.52. The van der Waals surface area contributed by atoms with Crippen LogP contribution in [0.15, 0.2) is 34.9 Å². The third-order valence-corrected chi connectivity index (χ3v) is 3.13. The highest BCUT2D eigenvalue weighted by atomic mass is 79.9. The minimum absolute atomic E-state index is 0.0373. The molecule has 0 unspecified atom stereocenters. The summed E-state index contributed by atoms with van der Waals surface area (Å²) in [5.74, 6) is -0.328. The molecule has 1 aromatic heterocycles. The highest BCUT2D eigenvalue weighted by Crippen LogP contribution is 2.21. The van der Waals surface area contributed by atoms with Crippen molar-refractivity contribution in [3.63, 3.8) is 0 Å². The number of aromatic hydroxyl groups is 1. The van der Waals surface area contributed by atoms with Gasteiger partial charge in [0.05, 0.1) is 11.3 Å². The number of hydrogen-bond donors (Lipinski definition) is 2. The van der Waals surface area contributed by atoms with E-state index in [-0.39, 0.29) is 17.2 Å². The molecule has 100 valence electrons. The summed E-state index contributed by atoms with van der Waals surface area (Å²) in [7, 11) is 1.85. The van der Waals surface area contributed by atoms with E-state index in [1.54, 1.807) is 16.8 Å². The lowest BCUT2D eigenvalue weighted by Crippen LogP contribution is -2.25. The number of rotatable bonds is 4. The lowest BCUT2D eigenvalue weighted by Gasteiger charge is -2.06. The summed E-state index contributed by atoms with van der Waals surface area (Å²) >= 11 is 3.23. The number of nitrogens with zero attached hydrogens (tertiary/aromatic N) is 2. The van der Waals surface area contributed by atoms with E-state index in [1.165, 1.54) is 6.07 Å². The smallest absolute Gasteiger partial charge is 0.255 e. The van der Waals surface area contributed by atoms with Crippen LogP contribution in [0, 0.1) is 0 Å². The van der Waals surface area contributed by atoms with Crippen LogP contribution in [0.25, 0.3) is 0 Å². The molecule has 0 radical (unpaired) electrons. The molecule has 1 aromatic carbocycles. The van der Waals surface area contributed by atoms with E-state index in [4.69, 9.17) is 0 Å². The molecule has 0 atom stereocenters. The quantitative estimate of drug-likeness (QED) is 0.902. The molecule has 0 aliphatic heterocycles. The van der Waals surface area contributed by atoms with Gasteiger partial charge in [0.2, 0.25) is 0 Å². The van der Waals surface area contributed by atoms with E-state index < -0.39 is 0 Å². The molecular weight excluding hydrogens is 310 g/mol. The molecule has 0 aliphatic carbocycles. The molecule has 0 bridgehead atoms. The molecule has 0 fully saturated rings. The predicted octanol–water partition coefficient (Wildman–Crippen LogP) is 1.86.